The quantitative estimate of drug-likeness (QED) is 0.698. The molecule has 0 aliphatic heterocycles. The molecule has 0 aliphatic rings. The molecule has 0 radical (unpaired) electrons. The molecular weight excluding hydrogens is 278 g/mol. The van der Waals surface area contributed by atoms with E-state index in [1.165, 1.54) is 0 Å². The molecule has 0 unspecified atom stereocenters. The maximum Gasteiger partial charge on any atom is 0.430 e. The maximum atomic E-state index is 12.2. The highest BCUT2D eigenvalue weighted by atomic mass is 19.4. The Kier molecular flexibility index (Phi) is 3.99. The summed E-state index contributed by atoms with van der Waals surface area (Å²) in [4.78, 5) is 0. The molecule has 0 heterocycles. The molecule has 1 nitrogen and oxygen atoms in total. The third-order valence-corrected chi connectivity index (χ3v) is 1.43. The van der Waals surface area contributed by atoms with E-state index in [1.807, 2.05) is 4.74 Å². The van der Waals surface area contributed by atoms with Gasteiger partial charge < -0.3 is 0 Å². The van der Waals surface area contributed by atoms with Crippen LogP contribution in [0.15, 0.2) is 0 Å². The van der Waals surface area contributed by atoms with E-state index in [9.17, 15) is 43.9 Å². The van der Waals surface area contributed by atoms with E-state index in [0.29, 0.717) is 0 Å². The van der Waals surface area contributed by atoms with Gasteiger partial charge in [-0.25, -0.2) is 13.5 Å². The Morgan fingerprint density at radius 3 is 1.35 bits per heavy atom. The molecule has 17 heavy (non-hydrogen) atoms. The fourth-order valence-electron chi connectivity index (χ4n) is 0.446. The Morgan fingerprint density at radius 2 is 1.12 bits per heavy atom. The summed E-state index contributed by atoms with van der Waals surface area (Å²) in [6.45, 7) is -0.608. The van der Waals surface area contributed by atoms with Crippen molar-refractivity contribution >= 4 is 0 Å². The zero-order valence-corrected chi connectivity index (χ0v) is 7.77. The minimum atomic E-state index is -6.45. The van der Waals surface area contributed by atoms with Crippen LogP contribution in [0, 0.1) is 0 Å². The normalized spacial score (nSPS) is 15.5. The van der Waals surface area contributed by atoms with Gasteiger partial charge in [0.15, 0.2) is 0 Å². The monoisotopic (exact) mass is 282 g/mol. The Balaban J connectivity index is 5.14. The van der Waals surface area contributed by atoms with Crippen molar-refractivity contribution in [1.82, 2.24) is 0 Å². The number of alkyl halides is 10. The standard InChI is InChI=1S/C6H4F10O/c1-3(9,10)5(13,14)17-6(15,16)4(11,12)2(7)8/h2H,1H3. The summed E-state index contributed by atoms with van der Waals surface area (Å²) in [6, 6.07) is 0. The van der Waals surface area contributed by atoms with Gasteiger partial charge >= 0.3 is 30.5 Å². The third-order valence-electron chi connectivity index (χ3n) is 1.43. The van der Waals surface area contributed by atoms with Crippen molar-refractivity contribution in [2.24, 2.45) is 0 Å². The van der Waals surface area contributed by atoms with Gasteiger partial charge in [-0.1, -0.05) is 0 Å². The van der Waals surface area contributed by atoms with E-state index in [0.717, 1.165) is 0 Å². The van der Waals surface area contributed by atoms with Crippen LogP contribution in [0.4, 0.5) is 43.9 Å². The molecule has 0 aromatic rings. The lowest BCUT2D eigenvalue weighted by Gasteiger charge is -2.31. The Hall–Kier alpha value is -0.740. The number of rotatable bonds is 5. The highest BCUT2D eigenvalue weighted by molar-refractivity contribution is 4.83. The van der Waals surface area contributed by atoms with Gasteiger partial charge in [-0.2, -0.15) is 35.1 Å². The minimum absolute atomic E-state index is 0.608. The zero-order chi connectivity index (χ0) is 14.3. The van der Waals surface area contributed by atoms with Gasteiger partial charge in [-0.15, -0.1) is 0 Å². The lowest BCUT2D eigenvalue weighted by Crippen LogP contribution is -2.55. The second-order valence-corrected chi connectivity index (χ2v) is 2.95. The lowest BCUT2D eigenvalue weighted by atomic mass is 10.3. The maximum absolute atomic E-state index is 12.2. The number of hydrogen-bond donors (Lipinski definition) is 0. The molecule has 0 bridgehead atoms. The lowest BCUT2D eigenvalue weighted by molar-refractivity contribution is -0.474. The van der Waals surface area contributed by atoms with Crippen LogP contribution in [0.3, 0.4) is 0 Å². The van der Waals surface area contributed by atoms with E-state index in [4.69, 9.17) is 0 Å². The Bertz CT molecular complexity index is 266. The summed E-state index contributed by atoms with van der Waals surface area (Å²) in [5, 5.41) is 0. The number of hydrogen-bond acceptors (Lipinski definition) is 1. The van der Waals surface area contributed by atoms with Crippen LogP contribution >= 0.6 is 0 Å². The first-order chi connectivity index (χ1) is 7.15. The zero-order valence-electron chi connectivity index (χ0n) is 7.77. The van der Waals surface area contributed by atoms with Crippen LogP contribution in [-0.4, -0.2) is 30.5 Å². The molecular formula is C6H4F10O. The van der Waals surface area contributed by atoms with E-state index in [1.54, 1.807) is 0 Å². The van der Waals surface area contributed by atoms with Gasteiger partial charge in [0.05, 0.1) is 0 Å². The van der Waals surface area contributed by atoms with Crippen molar-refractivity contribution in [2.75, 3.05) is 0 Å². The van der Waals surface area contributed by atoms with E-state index < -0.39 is 37.4 Å². The minimum Gasteiger partial charge on any atom is -0.245 e. The fraction of sp³-hybridized carbons (Fsp3) is 1.00. The first-order valence-corrected chi connectivity index (χ1v) is 3.65. The van der Waals surface area contributed by atoms with E-state index in [-0.39, 0.29) is 0 Å². The van der Waals surface area contributed by atoms with Gasteiger partial charge in [-0.05, 0) is 0 Å². The van der Waals surface area contributed by atoms with Crippen LogP contribution < -0.4 is 0 Å². The summed E-state index contributed by atoms with van der Waals surface area (Å²) in [6.07, 6.45) is -17.6. The summed E-state index contributed by atoms with van der Waals surface area (Å²) in [7, 11) is 0. The SMILES string of the molecule is CC(F)(F)C(F)(F)OC(F)(F)C(F)(F)C(F)F. The first kappa shape index (κ1) is 16.3. The van der Waals surface area contributed by atoms with Crippen LogP contribution in [0.5, 0.6) is 0 Å². The largest absolute Gasteiger partial charge is 0.430 e. The average molecular weight is 282 g/mol. The Morgan fingerprint density at radius 1 is 0.765 bits per heavy atom. The Labute approximate surface area is 87.3 Å². The molecule has 0 saturated heterocycles. The summed E-state index contributed by atoms with van der Waals surface area (Å²) in [5.41, 5.74) is 0. The third kappa shape index (κ3) is 3.13. The smallest absolute Gasteiger partial charge is 0.245 e. The van der Waals surface area contributed by atoms with Gasteiger partial charge in [0.25, 0.3) is 0 Å². The molecule has 0 atom stereocenters. The van der Waals surface area contributed by atoms with E-state index in [2.05, 4.69) is 0 Å². The predicted octanol–water partition coefficient (Wildman–Crippen LogP) is 3.74. The van der Waals surface area contributed by atoms with Crippen molar-refractivity contribution in [2.45, 2.75) is 37.4 Å². The molecule has 11 heteroatoms. The first-order valence-electron chi connectivity index (χ1n) is 3.65. The van der Waals surface area contributed by atoms with Gasteiger partial charge in [0.1, 0.15) is 0 Å². The molecule has 0 aromatic heterocycles. The van der Waals surface area contributed by atoms with Crippen molar-refractivity contribution in [3.8, 4) is 0 Å². The van der Waals surface area contributed by atoms with Gasteiger partial charge in [0.2, 0.25) is 0 Å². The molecule has 0 aromatic carbocycles. The average Bonchev–Trinajstić information content (AvgIpc) is 1.98. The molecule has 0 amide bonds. The van der Waals surface area contributed by atoms with E-state index >= 15 is 0 Å². The van der Waals surface area contributed by atoms with Crippen LogP contribution in [0.1, 0.15) is 6.92 Å². The molecule has 0 fully saturated rings. The van der Waals surface area contributed by atoms with Crippen molar-refractivity contribution < 1.29 is 48.6 Å². The summed E-state index contributed by atoms with van der Waals surface area (Å²) >= 11 is 0. The van der Waals surface area contributed by atoms with Crippen molar-refractivity contribution in [3.05, 3.63) is 0 Å². The van der Waals surface area contributed by atoms with Crippen LogP contribution in [0.25, 0.3) is 0 Å². The molecule has 104 valence electrons. The molecule has 0 aliphatic carbocycles. The summed E-state index contributed by atoms with van der Waals surface area (Å²) < 4.78 is 122. The van der Waals surface area contributed by atoms with Crippen LogP contribution in [0.2, 0.25) is 0 Å². The summed E-state index contributed by atoms with van der Waals surface area (Å²) in [5.74, 6) is -11.6. The topological polar surface area (TPSA) is 9.23 Å². The second-order valence-electron chi connectivity index (χ2n) is 2.95. The molecule has 0 spiro atoms. The molecule has 0 rings (SSSR count). The highest BCUT2D eigenvalue weighted by Gasteiger charge is 2.71. The van der Waals surface area contributed by atoms with Crippen molar-refractivity contribution in [3.63, 3.8) is 0 Å². The van der Waals surface area contributed by atoms with Crippen molar-refractivity contribution in [1.29, 1.82) is 0 Å². The molecule has 0 N–H and O–H groups in total. The fourth-order valence-corrected chi connectivity index (χ4v) is 0.446. The van der Waals surface area contributed by atoms with Gasteiger partial charge in [-0.3, -0.25) is 0 Å². The van der Waals surface area contributed by atoms with Crippen LogP contribution in [-0.2, 0) is 4.74 Å². The number of halogens is 10. The highest BCUT2D eigenvalue weighted by Crippen LogP contribution is 2.46. The van der Waals surface area contributed by atoms with Gasteiger partial charge in [0, 0.05) is 6.92 Å². The molecule has 0 saturated carbocycles. The second kappa shape index (κ2) is 4.18. The number of ether oxygens (including phenoxy) is 1. The predicted molar refractivity (Wildman–Crippen MR) is 32.6 cm³/mol.